The van der Waals surface area contributed by atoms with Crippen LogP contribution in [0.5, 0.6) is 0 Å². The van der Waals surface area contributed by atoms with Crippen molar-refractivity contribution in [3.8, 4) is 0 Å². The van der Waals surface area contributed by atoms with Crippen molar-refractivity contribution in [1.29, 1.82) is 0 Å². The summed E-state index contributed by atoms with van der Waals surface area (Å²) in [5.41, 5.74) is 0. The summed E-state index contributed by atoms with van der Waals surface area (Å²) in [5, 5.41) is 0. The normalized spacial score (nSPS) is 42.5. The predicted molar refractivity (Wildman–Crippen MR) is 52.1 cm³/mol. The minimum absolute atomic E-state index is 0.860. The molecule has 4 atom stereocenters. The Morgan fingerprint density at radius 1 is 1.25 bits per heavy atom. The molecule has 1 heteroatoms. The van der Waals surface area contributed by atoms with E-state index >= 15 is 0 Å². The van der Waals surface area contributed by atoms with Crippen LogP contribution in [0, 0.1) is 17.8 Å². The molecule has 3 heterocycles. The maximum absolute atomic E-state index is 2.69. The van der Waals surface area contributed by atoms with Crippen molar-refractivity contribution < 1.29 is 0 Å². The molecular weight excluding hydrogens is 146 g/mol. The Kier molecular flexibility index (Phi) is 2.16. The van der Waals surface area contributed by atoms with Crippen LogP contribution in [0.4, 0.5) is 0 Å². The first-order chi connectivity index (χ1) is 5.70. The van der Waals surface area contributed by atoms with E-state index in [-0.39, 0.29) is 0 Å². The Labute approximate surface area is 76.1 Å². The lowest BCUT2D eigenvalue weighted by molar-refractivity contribution is -0.0667. The van der Waals surface area contributed by atoms with E-state index in [9.17, 15) is 0 Å². The lowest BCUT2D eigenvalue weighted by Crippen LogP contribution is -2.62. The number of hydrogen-bond donors (Lipinski definition) is 0. The fourth-order valence-electron chi connectivity index (χ4n) is 2.91. The Morgan fingerprint density at radius 3 is 2.42 bits per heavy atom. The molecule has 70 valence electrons. The molecule has 3 rings (SSSR count). The van der Waals surface area contributed by atoms with Crippen molar-refractivity contribution in [3.63, 3.8) is 0 Å². The zero-order chi connectivity index (χ0) is 8.72. The van der Waals surface area contributed by atoms with Gasteiger partial charge in [-0.05, 0) is 37.1 Å². The van der Waals surface area contributed by atoms with E-state index in [4.69, 9.17) is 0 Å². The van der Waals surface area contributed by atoms with Crippen LogP contribution in [0.15, 0.2) is 0 Å². The Bertz CT molecular complexity index is 150. The molecule has 12 heavy (non-hydrogen) atoms. The second-order valence-corrected chi connectivity index (χ2v) is 4.99. The van der Waals surface area contributed by atoms with Crippen molar-refractivity contribution >= 4 is 0 Å². The molecule has 0 aromatic rings. The highest BCUT2D eigenvalue weighted by molar-refractivity contribution is 4.98. The topological polar surface area (TPSA) is 3.24 Å². The maximum Gasteiger partial charge on any atom is 0.0164 e. The maximum atomic E-state index is 2.69. The molecule has 3 saturated heterocycles. The van der Waals surface area contributed by atoms with Crippen LogP contribution in [0.25, 0.3) is 0 Å². The number of hydrogen-bond acceptors (Lipinski definition) is 1. The molecule has 0 aromatic heterocycles. The SMILES string of the molecule is CC(C)C(C)C1C2CCCN1C2. The molecule has 0 spiro atoms. The van der Waals surface area contributed by atoms with E-state index in [2.05, 4.69) is 25.7 Å². The minimum atomic E-state index is 0.860. The number of fused-ring (bicyclic) bond motifs is 2. The van der Waals surface area contributed by atoms with Crippen LogP contribution < -0.4 is 0 Å². The molecule has 3 aliphatic rings. The largest absolute Gasteiger partial charge is 0.299 e. The summed E-state index contributed by atoms with van der Waals surface area (Å²) in [7, 11) is 0. The molecule has 0 aromatic carbocycles. The van der Waals surface area contributed by atoms with Crippen molar-refractivity contribution in [3.05, 3.63) is 0 Å². The van der Waals surface area contributed by atoms with Gasteiger partial charge in [0.2, 0.25) is 0 Å². The van der Waals surface area contributed by atoms with E-state index in [1.165, 1.54) is 25.9 Å². The second-order valence-electron chi connectivity index (χ2n) is 4.99. The summed E-state index contributed by atoms with van der Waals surface area (Å²) in [6, 6.07) is 0.943. The van der Waals surface area contributed by atoms with Crippen LogP contribution in [-0.2, 0) is 0 Å². The van der Waals surface area contributed by atoms with Crippen molar-refractivity contribution in [2.24, 2.45) is 17.8 Å². The number of rotatable bonds is 2. The van der Waals surface area contributed by atoms with E-state index in [1.807, 2.05) is 0 Å². The summed E-state index contributed by atoms with van der Waals surface area (Å²) in [6.45, 7) is 9.93. The molecule has 0 amide bonds. The fourth-order valence-corrected chi connectivity index (χ4v) is 2.91. The Morgan fingerprint density at radius 2 is 2.00 bits per heavy atom. The van der Waals surface area contributed by atoms with Gasteiger partial charge < -0.3 is 0 Å². The Balaban J connectivity index is 1.96. The summed E-state index contributed by atoms with van der Waals surface area (Å²) in [4.78, 5) is 2.69. The average Bonchev–Trinajstić information content (AvgIpc) is 2.05. The van der Waals surface area contributed by atoms with Gasteiger partial charge in [0, 0.05) is 12.6 Å². The zero-order valence-corrected chi connectivity index (χ0v) is 8.59. The van der Waals surface area contributed by atoms with Crippen LogP contribution in [0.3, 0.4) is 0 Å². The summed E-state index contributed by atoms with van der Waals surface area (Å²) < 4.78 is 0. The van der Waals surface area contributed by atoms with Gasteiger partial charge in [-0.2, -0.15) is 0 Å². The molecular formula is C11H21N. The van der Waals surface area contributed by atoms with Crippen LogP contribution in [-0.4, -0.2) is 24.0 Å². The fraction of sp³-hybridized carbons (Fsp3) is 1.00. The van der Waals surface area contributed by atoms with Gasteiger partial charge >= 0.3 is 0 Å². The monoisotopic (exact) mass is 167 g/mol. The minimum Gasteiger partial charge on any atom is -0.299 e. The summed E-state index contributed by atoms with van der Waals surface area (Å²) >= 11 is 0. The average molecular weight is 167 g/mol. The summed E-state index contributed by atoms with van der Waals surface area (Å²) in [5.74, 6) is 2.82. The number of nitrogens with zero attached hydrogens (tertiary/aromatic N) is 1. The van der Waals surface area contributed by atoms with Crippen molar-refractivity contribution in [1.82, 2.24) is 4.90 Å². The third-order valence-corrected chi connectivity index (χ3v) is 3.98. The molecule has 0 radical (unpaired) electrons. The molecule has 3 aliphatic heterocycles. The van der Waals surface area contributed by atoms with Gasteiger partial charge in [0.1, 0.15) is 0 Å². The van der Waals surface area contributed by atoms with Gasteiger partial charge in [-0.15, -0.1) is 0 Å². The Hall–Kier alpha value is -0.0400. The second kappa shape index (κ2) is 3.02. The number of piperidine rings is 2. The lowest BCUT2D eigenvalue weighted by atomic mass is 9.71. The van der Waals surface area contributed by atoms with Crippen LogP contribution in [0.2, 0.25) is 0 Å². The van der Waals surface area contributed by atoms with Gasteiger partial charge in [-0.3, -0.25) is 4.90 Å². The molecule has 0 saturated carbocycles. The molecule has 0 aliphatic carbocycles. The lowest BCUT2D eigenvalue weighted by Gasteiger charge is -2.56. The first kappa shape index (κ1) is 8.55. The highest BCUT2D eigenvalue weighted by Crippen LogP contribution is 2.40. The predicted octanol–water partition coefficient (Wildman–Crippen LogP) is 2.37. The van der Waals surface area contributed by atoms with Crippen molar-refractivity contribution in [2.45, 2.75) is 39.7 Å². The molecule has 0 N–H and O–H groups in total. The van der Waals surface area contributed by atoms with Gasteiger partial charge in [-0.1, -0.05) is 20.8 Å². The van der Waals surface area contributed by atoms with Crippen molar-refractivity contribution in [2.75, 3.05) is 13.1 Å². The zero-order valence-electron chi connectivity index (χ0n) is 8.59. The van der Waals surface area contributed by atoms with E-state index in [1.54, 1.807) is 0 Å². The molecule has 4 unspecified atom stereocenters. The third kappa shape index (κ3) is 1.19. The quantitative estimate of drug-likeness (QED) is 0.610. The molecule has 1 nitrogen and oxygen atoms in total. The first-order valence-electron chi connectivity index (χ1n) is 5.44. The van der Waals surface area contributed by atoms with Gasteiger partial charge in [0.25, 0.3) is 0 Å². The standard InChI is InChI=1S/C11H21N/c1-8(2)9(3)11-10-5-4-6-12(11)7-10/h8-11H,4-7H2,1-3H3. The molecule has 3 fully saturated rings. The van der Waals surface area contributed by atoms with Crippen LogP contribution >= 0.6 is 0 Å². The highest BCUT2D eigenvalue weighted by atomic mass is 15.2. The van der Waals surface area contributed by atoms with Gasteiger partial charge in [0.05, 0.1) is 0 Å². The third-order valence-electron chi connectivity index (χ3n) is 3.98. The molecule has 2 bridgehead atoms. The summed E-state index contributed by atoms with van der Waals surface area (Å²) in [6.07, 6.45) is 2.95. The first-order valence-corrected chi connectivity index (χ1v) is 5.44. The van der Waals surface area contributed by atoms with Crippen LogP contribution in [0.1, 0.15) is 33.6 Å². The van der Waals surface area contributed by atoms with E-state index in [0.29, 0.717) is 0 Å². The van der Waals surface area contributed by atoms with E-state index < -0.39 is 0 Å². The van der Waals surface area contributed by atoms with Gasteiger partial charge in [0.15, 0.2) is 0 Å². The highest BCUT2D eigenvalue weighted by Gasteiger charge is 2.44. The van der Waals surface area contributed by atoms with Gasteiger partial charge in [-0.25, -0.2) is 0 Å². The van der Waals surface area contributed by atoms with E-state index in [0.717, 1.165) is 23.8 Å². The smallest absolute Gasteiger partial charge is 0.0164 e.